The second-order valence-electron chi connectivity index (χ2n) is 6.41. The van der Waals surface area contributed by atoms with Crippen LogP contribution in [-0.2, 0) is 0 Å². The van der Waals surface area contributed by atoms with Crippen LogP contribution in [0.2, 0.25) is 0 Å². The highest BCUT2D eigenvalue weighted by molar-refractivity contribution is 5.75. The van der Waals surface area contributed by atoms with E-state index >= 15 is 0 Å². The third kappa shape index (κ3) is 4.51. The van der Waals surface area contributed by atoms with Gasteiger partial charge in [-0.05, 0) is 25.0 Å². The number of benzene rings is 2. The summed E-state index contributed by atoms with van der Waals surface area (Å²) in [5.41, 5.74) is 1.86. The molecule has 0 saturated carbocycles. The number of hydrogen-bond donors (Lipinski definition) is 3. The van der Waals surface area contributed by atoms with Crippen molar-refractivity contribution in [2.24, 2.45) is 0 Å². The number of urea groups is 1. The number of carbonyl (C=O) groups excluding carboxylic acids is 1. The fourth-order valence-electron chi connectivity index (χ4n) is 3.12. The van der Waals surface area contributed by atoms with E-state index in [2.05, 4.69) is 10.6 Å². The Morgan fingerprint density at radius 2 is 1.92 bits per heavy atom. The molecule has 2 amide bonds. The van der Waals surface area contributed by atoms with Crippen LogP contribution in [0.15, 0.2) is 54.6 Å². The smallest absolute Gasteiger partial charge is 0.315 e. The van der Waals surface area contributed by atoms with E-state index in [0.29, 0.717) is 13.0 Å². The molecule has 0 fully saturated rings. The predicted octanol–water partition coefficient (Wildman–Crippen LogP) is 3.32. The van der Waals surface area contributed by atoms with Gasteiger partial charge in [-0.15, -0.1) is 0 Å². The average Bonchev–Trinajstić information content (AvgIpc) is 2.62. The summed E-state index contributed by atoms with van der Waals surface area (Å²) in [5, 5.41) is 16.2. The van der Waals surface area contributed by atoms with E-state index in [-0.39, 0.29) is 18.1 Å². The van der Waals surface area contributed by atoms with Crippen LogP contribution in [0.25, 0.3) is 0 Å². The molecule has 0 spiro atoms. The molecule has 0 aliphatic carbocycles. The Morgan fingerprint density at radius 1 is 1.20 bits per heavy atom. The van der Waals surface area contributed by atoms with Crippen LogP contribution < -0.4 is 15.4 Å². The third-order valence-electron chi connectivity index (χ3n) is 4.40. The highest BCUT2D eigenvalue weighted by Crippen LogP contribution is 2.31. The number of fused-ring (bicyclic) bond motifs is 1. The van der Waals surface area contributed by atoms with Gasteiger partial charge in [-0.25, -0.2) is 4.79 Å². The van der Waals surface area contributed by atoms with Gasteiger partial charge in [0.1, 0.15) is 5.75 Å². The van der Waals surface area contributed by atoms with Crippen molar-refractivity contribution in [1.82, 2.24) is 10.6 Å². The van der Waals surface area contributed by atoms with Crippen LogP contribution in [-0.4, -0.2) is 23.8 Å². The van der Waals surface area contributed by atoms with Crippen molar-refractivity contribution in [3.8, 4) is 5.75 Å². The highest BCUT2D eigenvalue weighted by Gasteiger charge is 2.23. The zero-order valence-electron chi connectivity index (χ0n) is 14.3. The summed E-state index contributed by atoms with van der Waals surface area (Å²) in [6.45, 7) is 2.48. The molecule has 3 unspecified atom stereocenters. The molecule has 1 heterocycles. The lowest BCUT2D eigenvalue weighted by molar-refractivity contribution is 0.154. The lowest BCUT2D eigenvalue weighted by Gasteiger charge is -2.27. The first-order chi connectivity index (χ1) is 12.1. The van der Waals surface area contributed by atoms with Crippen LogP contribution in [0.3, 0.4) is 0 Å². The Hall–Kier alpha value is -2.53. The Labute approximate surface area is 148 Å². The number of aliphatic hydroxyl groups is 1. The SMILES string of the molecule is CC(CC(O)c1ccccc1)NC(=O)NC1CCOc2ccccc21. The molecule has 3 rings (SSSR count). The Morgan fingerprint density at radius 3 is 2.72 bits per heavy atom. The van der Waals surface area contributed by atoms with E-state index in [9.17, 15) is 9.90 Å². The Kier molecular flexibility index (Phi) is 5.56. The summed E-state index contributed by atoms with van der Waals surface area (Å²) in [7, 11) is 0. The fraction of sp³-hybridized carbons (Fsp3) is 0.350. The summed E-state index contributed by atoms with van der Waals surface area (Å²) in [5.74, 6) is 0.826. The minimum absolute atomic E-state index is 0.0591. The van der Waals surface area contributed by atoms with Gasteiger partial charge in [-0.3, -0.25) is 0 Å². The Bertz CT molecular complexity index is 705. The summed E-state index contributed by atoms with van der Waals surface area (Å²) in [4.78, 5) is 12.3. The van der Waals surface area contributed by atoms with Gasteiger partial charge < -0.3 is 20.5 Å². The van der Waals surface area contributed by atoms with Gasteiger partial charge in [0, 0.05) is 18.0 Å². The molecule has 1 aliphatic heterocycles. The molecule has 0 bridgehead atoms. The number of amides is 2. The fourth-order valence-corrected chi connectivity index (χ4v) is 3.12. The number of carbonyl (C=O) groups is 1. The number of para-hydroxylation sites is 1. The molecular weight excluding hydrogens is 316 g/mol. The van der Waals surface area contributed by atoms with Crippen LogP contribution in [0.1, 0.15) is 43.0 Å². The maximum absolute atomic E-state index is 12.3. The van der Waals surface area contributed by atoms with Crippen molar-refractivity contribution >= 4 is 6.03 Å². The molecule has 2 aromatic carbocycles. The van der Waals surface area contributed by atoms with Crippen LogP contribution in [0.4, 0.5) is 4.79 Å². The summed E-state index contributed by atoms with van der Waals surface area (Å²) in [6, 6.07) is 16.8. The maximum atomic E-state index is 12.3. The minimum atomic E-state index is -0.597. The normalized spacial score (nSPS) is 18.4. The first-order valence-electron chi connectivity index (χ1n) is 8.65. The van der Waals surface area contributed by atoms with Gasteiger partial charge in [-0.1, -0.05) is 48.5 Å². The van der Waals surface area contributed by atoms with Crippen molar-refractivity contribution in [2.75, 3.05) is 6.61 Å². The first-order valence-corrected chi connectivity index (χ1v) is 8.65. The zero-order valence-corrected chi connectivity index (χ0v) is 14.3. The van der Waals surface area contributed by atoms with Gasteiger partial charge in [0.25, 0.3) is 0 Å². The molecule has 5 heteroatoms. The number of rotatable bonds is 5. The second-order valence-corrected chi connectivity index (χ2v) is 6.41. The maximum Gasteiger partial charge on any atom is 0.315 e. The van der Waals surface area contributed by atoms with E-state index in [4.69, 9.17) is 4.74 Å². The quantitative estimate of drug-likeness (QED) is 0.782. The molecular formula is C20H24N2O3. The predicted molar refractivity (Wildman–Crippen MR) is 96.4 cm³/mol. The first kappa shape index (κ1) is 17.3. The van der Waals surface area contributed by atoms with E-state index in [0.717, 1.165) is 23.3 Å². The molecule has 5 nitrogen and oxygen atoms in total. The van der Waals surface area contributed by atoms with Crippen molar-refractivity contribution in [3.63, 3.8) is 0 Å². The number of aliphatic hydroxyl groups excluding tert-OH is 1. The second kappa shape index (κ2) is 8.03. The average molecular weight is 340 g/mol. The van der Waals surface area contributed by atoms with Gasteiger partial charge in [0.05, 0.1) is 18.8 Å². The number of nitrogens with one attached hydrogen (secondary N) is 2. The third-order valence-corrected chi connectivity index (χ3v) is 4.40. The molecule has 0 saturated heterocycles. The van der Waals surface area contributed by atoms with E-state index in [1.807, 2.05) is 61.5 Å². The summed E-state index contributed by atoms with van der Waals surface area (Å²) in [6.07, 6.45) is 0.605. The van der Waals surface area contributed by atoms with Gasteiger partial charge in [0.2, 0.25) is 0 Å². The number of ether oxygens (including phenoxy) is 1. The molecule has 132 valence electrons. The monoisotopic (exact) mass is 340 g/mol. The van der Waals surface area contributed by atoms with Crippen molar-refractivity contribution in [3.05, 3.63) is 65.7 Å². The van der Waals surface area contributed by atoms with Crippen molar-refractivity contribution in [1.29, 1.82) is 0 Å². The largest absolute Gasteiger partial charge is 0.493 e. The highest BCUT2D eigenvalue weighted by atomic mass is 16.5. The summed E-state index contributed by atoms with van der Waals surface area (Å²) < 4.78 is 5.61. The van der Waals surface area contributed by atoms with Gasteiger partial charge in [-0.2, -0.15) is 0 Å². The molecule has 1 aliphatic rings. The van der Waals surface area contributed by atoms with E-state index in [1.165, 1.54) is 0 Å². The molecule has 2 aromatic rings. The standard InChI is InChI=1S/C20H24N2O3/c1-14(13-18(23)15-7-3-2-4-8-15)21-20(24)22-17-11-12-25-19-10-6-5-9-16(17)19/h2-10,14,17-18,23H,11-13H2,1H3,(H2,21,22,24). The van der Waals surface area contributed by atoms with E-state index < -0.39 is 6.10 Å². The Balaban J connectivity index is 1.53. The van der Waals surface area contributed by atoms with Crippen LogP contribution in [0, 0.1) is 0 Å². The lowest BCUT2D eigenvalue weighted by atomic mass is 10.0. The van der Waals surface area contributed by atoms with Crippen LogP contribution >= 0.6 is 0 Å². The van der Waals surface area contributed by atoms with Crippen molar-refractivity contribution < 1.29 is 14.6 Å². The van der Waals surface area contributed by atoms with Gasteiger partial charge in [0.15, 0.2) is 0 Å². The zero-order chi connectivity index (χ0) is 17.6. The van der Waals surface area contributed by atoms with Crippen LogP contribution in [0.5, 0.6) is 5.75 Å². The number of hydrogen-bond acceptors (Lipinski definition) is 3. The molecule has 3 atom stereocenters. The topological polar surface area (TPSA) is 70.6 Å². The van der Waals surface area contributed by atoms with Crippen molar-refractivity contribution in [2.45, 2.75) is 38.0 Å². The lowest BCUT2D eigenvalue weighted by Crippen LogP contribution is -2.43. The molecule has 25 heavy (non-hydrogen) atoms. The molecule has 3 N–H and O–H groups in total. The van der Waals surface area contributed by atoms with Gasteiger partial charge >= 0.3 is 6.03 Å². The molecule has 0 radical (unpaired) electrons. The minimum Gasteiger partial charge on any atom is -0.493 e. The summed E-state index contributed by atoms with van der Waals surface area (Å²) >= 11 is 0. The van der Waals surface area contributed by atoms with E-state index in [1.54, 1.807) is 0 Å². The molecule has 0 aromatic heterocycles.